The van der Waals surface area contributed by atoms with Gasteiger partial charge in [0, 0.05) is 6.42 Å². The van der Waals surface area contributed by atoms with Crippen LogP contribution in [0.15, 0.2) is 30.3 Å². The van der Waals surface area contributed by atoms with Gasteiger partial charge in [0.2, 0.25) is 0 Å². The van der Waals surface area contributed by atoms with Crippen LogP contribution in [0.3, 0.4) is 0 Å². The van der Waals surface area contributed by atoms with E-state index in [2.05, 4.69) is 31.2 Å². The van der Waals surface area contributed by atoms with Crippen molar-refractivity contribution in [2.45, 2.75) is 116 Å². The molecular weight excluding hydrogens is 364 g/mol. The molecular formula is C25H42O4. The third-order valence-electron chi connectivity index (χ3n) is 5.46. The van der Waals surface area contributed by atoms with Crippen LogP contribution >= 0.6 is 0 Å². The molecule has 29 heavy (non-hydrogen) atoms. The average molecular weight is 407 g/mol. The van der Waals surface area contributed by atoms with E-state index in [9.17, 15) is 9.90 Å². The fourth-order valence-electron chi connectivity index (χ4n) is 3.61. The molecule has 0 aliphatic heterocycles. The highest BCUT2D eigenvalue weighted by atomic mass is 16.5. The van der Waals surface area contributed by atoms with Crippen LogP contribution in [0.1, 0.15) is 102 Å². The summed E-state index contributed by atoms with van der Waals surface area (Å²) in [6, 6.07) is 10.4. The molecule has 1 aromatic rings. The summed E-state index contributed by atoms with van der Waals surface area (Å²) in [7, 11) is 0. The number of hydrogen-bond acceptors (Lipinski definition) is 3. The van der Waals surface area contributed by atoms with Crippen molar-refractivity contribution >= 4 is 5.97 Å². The standard InChI is InChI=1S/C25H42O4/c1-2-3-9-17-24(29-21-22-14-10-8-11-15-22)18-13-7-5-4-6-12-16-23(26)19-20-25(27)28/h8,10-11,14-15,23-24,26H,2-7,9,12-13,16-21H2,1H3,(H,27,28). The summed E-state index contributed by atoms with van der Waals surface area (Å²) in [4.78, 5) is 10.5. The van der Waals surface area contributed by atoms with E-state index in [1.165, 1.54) is 50.5 Å². The molecule has 0 heterocycles. The Hall–Kier alpha value is -1.39. The highest BCUT2D eigenvalue weighted by molar-refractivity contribution is 5.66. The molecule has 1 rings (SSSR count). The maximum absolute atomic E-state index is 10.5. The molecule has 0 aromatic heterocycles. The zero-order valence-electron chi connectivity index (χ0n) is 18.4. The van der Waals surface area contributed by atoms with Gasteiger partial charge in [-0.1, -0.05) is 95.0 Å². The molecule has 1 aromatic carbocycles. The molecule has 0 amide bonds. The number of aliphatic carboxylic acids is 1. The van der Waals surface area contributed by atoms with Crippen molar-refractivity contribution in [2.24, 2.45) is 0 Å². The van der Waals surface area contributed by atoms with E-state index >= 15 is 0 Å². The third kappa shape index (κ3) is 15.2. The number of aliphatic hydroxyl groups is 1. The second-order valence-electron chi connectivity index (χ2n) is 8.20. The van der Waals surface area contributed by atoms with Gasteiger partial charge in [0.1, 0.15) is 0 Å². The Balaban J connectivity index is 2.09. The number of ether oxygens (including phenoxy) is 1. The van der Waals surface area contributed by atoms with Gasteiger partial charge in [0.05, 0.1) is 18.8 Å². The largest absolute Gasteiger partial charge is 0.481 e. The summed E-state index contributed by atoms with van der Waals surface area (Å²) in [6.45, 7) is 2.95. The zero-order chi connectivity index (χ0) is 21.2. The van der Waals surface area contributed by atoms with E-state index in [0.29, 0.717) is 19.1 Å². The summed E-state index contributed by atoms with van der Waals surface area (Å²) in [6.07, 6.45) is 14.1. The van der Waals surface area contributed by atoms with Gasteiger partial charge in [-0.15, -0.1) is 0 Å². The van der Waals surface area contributed by atoms with Crippen molar-refractivity contribution in [1.29, 1.82) is 0 Å². The monoisotopic (exact) mass is 406 g/mol. The molecule has 0 aliphatic rings. The molecule has 0 fully saturated rings. The first kappa shape index (κ1) is 25.6. The van der Waals surface area contributed by atoms with Gasteiger partial charge in [-0.2, -0.15) is 0 Å². The summed E-state index contributed by atoms with van der Waals surface area (Å²) in [5.41, 5.74) is 1.25. The van der Waals surface area contributed by atoms with Crippen LogP contribution in [-0.2, 0) is 16.1 Å². The molecule has 4 nitrogen and oxygen atoms in total. The van der Waals surface area contributed by atoms with E-state index < -0.39 is 12.1 Å². The molecule has 0 spiro atoms. The summed E-state index contributed by atoms with van der Waals surface area (Å²) < 4.78 is 6.22. The number of unbranched alkanes of at least 4 members (excludes halogenated alkanes) is 7. The minimum atomic E-state index is -0.829. The van der Waals surface area contributed by atoms with Gasteiger partial charge in [-0.05, 0) is 31.2 Å². The Morgan fingerprint density at radius 2 is 1.45 bits per heavy atom. The molecule has 166 valence electrons. The van der Waals surface area contributed by atoms with Gasteiger partial charge >= 0.3 is 5.97 Å². The van der Waals surface area contributed by atoms with Crippen LogP contribution in [0, 0.1) is 0 Å². The minimum absolute atomic E-state index is 0.0624. The van der Waals surface area contributed by atoms with Crippen molar-refractivity contribution in [3.05, 3.63) is 35.9 Å². The first-order valence-electron chi connectivity index (χ1n) is 11.7. The first-order valence-corrected chi connectivity index (χ1v) is 11.7. The lowest BCUT2D eigenvalue weighted by Gasteiger charge is -2.18. The van der Waals surface area contributed by atoms with Crippen molar-refractivity contribution in [3.63, 3.8) is 0 Å². The van der Waals surface area contributed by atoms with Crippen molar-refractivity contribution in [3.8, 4) is 0 Å². The van der Waals surface area contributed by atoms with E-state index in [1.807, 2.05) is 6.07 Å². The van der Waals surface area contributed by atoms with Gasteiger partial charge in [-0.3, -0.25) is 4.79 Å². The molecule has 0 saturated heterocycles. The van der Waals surface area contributed by atoms with Crippen LogP contribution in [0.2, 0.25) is 0 Å². The molecule has 0 saturated carbocycles. The Morgan fingerprint density at radius 1 is 0.862 bits per heavy atom. The van der Waals surface area contributed by atoms with Gasteiger partial charge < -0.3 is 14.9 Å². The first-order chi connectivity index (χ1) is 14.1. The lowest BCUT2D eigenvalue weighted by molar-refractivity contribution is -0.137. The maximum Gasteiger partial charge on any atom is 0.303 e. The van der Waals surface area contributed by atoms with Gasteiger partial charge in [0.25, 0.3) is 0 Å². The molecule has 2 unspecified atom stereocenters. The number of aliphatic hydroxyl groups excluding tert-OH is 1. The highest BCUT2D eigenvalue weighted by Crippen LogP contribution is 2.18. The lowest BCUT2D eigenvalue weighted by Crippen LogP contribution is -2.13. The lowest BCUT2D eigenvalue weighted by atomic mass is 10.0. The topological polar surface area (TPSA) is 66.8 Å². The molecule has 0 aliphatic carbocycles. The normalized spacial score (nSPS) is 13.3. The number of carboxylic acids is 1. The Morgan fingerprint density at radius 3 is 2.07 bits per heavy atom. The Bertz CT molecular complexity index is 503. The molecule has 2 atom stereocenters. The SMILES string of the molecule is CCCCCC(CCCCCCCCC(O)CCC(=O)O)OCc1ccccc1. The van der Waals surface area contributed by atoms with Crippen LogP contribution < -0.4 is 0 Å². The van der Waals surface area contributed by atoms with E-state index in [-0.39, 0.29) is 6.42 Å². The van der Waals surface area contributed by atoms with Gasteiger partial charge in [0.15, 0.2) is 0 Å². The van der Waals surface area contributed by atoms with E-state index in [4.69, 9.17) is 9.84 Å². The second-order valence-corrected chi connectivity index (χ2v) is 8.20. The third-order valence-corrected chi connectivity index (χ3v) is 5.46. The maximum atomic E-state index is 10.5. The number of hydrogen-bond donors (Lipinski definition) is 2. The zero-order valence-corrected chi connectivity index (χ0v) is 18.4. The molecule has 0 bridgehead atoms. The quantitative estimate of drug-likeness (QED) is 0.257. The van der Waals surface area contributed by atoms with Crippen molar-refractivity contribution in [2.75, 3.05) is 0 Å². The Labute approximate surface area is 177 Å². The molecule has 0 radical (unpaired) electrons. The number of benzene rings is 1. The Kier molecular flexibility index (Phi) is 15.4. The predicted octanol–water partition coefficient (Wildman–Crippen LogP) is 6.50. The number of carboxylic acid groups (broad SMARTS) is 1. The molecule has 4 heteroatoms. The fraction of sp³-hybridized carbons (Fsp3) is 0.720. The fourth-order valence-corrected chi connectivity index (χ4v) is 3.61. The van der Waals surface area contributed by atoms with Crippen molar-refractivity contribution < 1.29 is 19.7 Å². The van der Waals surface area contributed by atoms with Crippen LogP contribution in [0.4, 0.5) is 0 Å². The second kappa shape index (κ2) is 17.5. The van der Waals surface area contributed by atoms with Crippen molar-refractivity contribution in [1.82, 2.24) is 0 Å². The highest BCUT2D eigenvalue weighted by Gasteiger charge is 2.10. The van der Waals surface area contributed by atoms with E-state index in [1.54, 1.807) is 0 Å². The predicted molar refractivity (Wildman–Crippen MR) is 119 cm³/mol. The summed E-state index contributed by atoms with van der Waals surface area (Å²) in [5, 5.41) is 18.4. The summed E-state index contributed by atoms with van der Waals surface area (Å²) in [5.74, 6) is -0.829. The van der Waals surface area contributed by atoms with E-state index in [0.717, 1.165) is 32.1 Å². The van der Waals surface area contributed by atoms with Crippen LogP contribution in [0.5, 0.6) is 0 Å². The smallest absolute Gasteiger partial charge is 0.303 e. The summed E-state index contributed by atoms with van der Waals surface area (Å²) >= 11 is 0. The van der Waals surface area contributed by atoms with Gasteiger partial charge in [-0.25, -0.2) is 0 Å². The number of carbonyl (C=O) groups is 1. The van der Waals surface area contributed by atoms with Crippen LogP contribution in [-0.4, -0.2) is 28.4 Å². The number of rotatable bonds is 19. The van der Waals surface area contributed by atoms with Crippen LogP contribution in [0.25, 0.3) is 0 Å². The average Bonchev–Trinajstić information content (AvgIpc) is 2.72. The molecule has 2 N–H and O–H groups in total. The minimum Gasteiger partial charge on any atom is -0.481 e.